The smallest absolute Gasteiger partial charge is 0.216 e. The van der Waals surface area contributed by atoms with Gasteiger partial charge in [0.05, 0.1) is 33.9 Å². The van der Waals surface area contributed by atoms with Crippen molar-refractivity contribution in [3.63, 3.8) is 0 Å². The molecule has 2 aromatic carbocycles. The van der Waals surface area contributed by atoms with Crippen LogP contribution in [-0.2, 0) is 4.74 Å². The first kappa shape index (κ1) is 21.6. The first-order valence-electron chi connectivity index (χ1n) is 9.13. The van der Waals surface area contributed by atoms with Crippen LogP contribution in [0, 0.1) is 11.8 Å². The number of carbonyl (C=O) groups excluding carboxylic acids is 1. The Bertz CT molecular complexity index is 833. The Morgan fingerprint density at radius 1 is 1.07 bits per heavy atom. The summed E-state index contributed by atoms with van der Waals surface area (Å²) in [5, 5.41) is 2.26. The average Bonchev–Trinajstić information content (AvgIpc) is 2.65. The van der Waals surface area contributed by atoms with E-state index in [-0.39, 0.29) is 22.8 Å². The first-order valence-corrected chi connectivity index (χ1v) is 9.13. The van der Waals surface area contributed by atoms with Gasteiger partial charge in [0.2, 0.25) is 5.78 Å². The quantitative estimate of drug-likeness (QED) is 0.361. The van der Waals surface area contributed by atoms with Gasteiger partial charge in [0.1, 0.15) is 13.1 Å². The summed E-state index contributed by atoms with van der Waals surface area (Å²) < 4.78 is 5.91. The average molecular weight is 431 g/mol. The van der Waals surface area contributed by atoms with Crippen LogP contribution in [0.4, 0.5) is 0 Å². The van der Waals surface area contributed by atoms with Gasteiger partial charge in [-0.1, -0.05) is 42.3 Å². The van der Waals surface area contributed by atoms with Gasteiger partial charge in [-0.3, -0.25) is 9.69 Å². The number of morpholine rings is 1. The summed E-state index contributed by atoms with van der Waals surface area (Å²) in [6.07, 6.45) is 0. The molecule has 0 bridgehead atoms. The fraction of sp³-hybridized carbons (Fsp3) is 0.409. The van der Waals surface area contributed by atoms with Crippen LogP contribution in [0.15, 0.2) is 42.5 Å². The van der Waals surface area contributed by atoms with Gasteiger partial charge in [0.25, 0.3) is 0 Å². The second kappa shape index (κ2) is 10.0. The van der Waals surface area contributed by atoms with Crippen LogP contribution in [0.5, 0.6) is 0 Å². The zero-order valence-electron chi connectivity index (χ0n) is 16.1. The lowest BCUT2D eigenvalue weighted by atomic mass is 10.0. The number of hydrogen-bond acceptors (Lipinski definition) is 3. The molecule has 0 unspecified atom stereocenters. The van der Waals surface area contributed by atoms with Crippen LogP contribution in [0.3, 0.4) is 0 Å². The van der Waals surface area contributed by atoms with Crippen LogP contribution >= 0.6 is 0 Å². The highest BCUT2D eigenvalue weighted by Crippen LogP contribution is 2.16. The molecule has 3 rings (SSSR count). The lowest BCUT2D eigenvalue weighted by Gasteiger charge is -2.27. The number of hydrogen-bond donors (Lipinski definition) is 0. The van der Waals surface area contributed by atoms with E-state index in [1.807, 2.05) is 36.4 Å². The maximum atomic E-state index is 12.7. The number of carbonyl (C=O) groups is 1. The molecule has 1 heterocycles. The normalized spacial score (nSPS) is 14.9. The van der Waals surface area contributed by atoms with Crippen molar-refractivity contribution in [3.05, 3.63) is 48.0 Å². The predicted octanol–water partition coefficient (Wildman–Crippen LogP) is -0.561. The number of benzene rings is 2. The standard InChI is InChI=1S/C22H27N2O2.BrH/c1-24(2,14-6-5-11-23-12-15-26-16-13-23)18-22(25)21-10-9-19-7-3-4-8-20(19)17-21;/h3-4,7-10,17H,11-16,18H2,1-2H3;1H/q+1;/p-1. The number of quaternary nitrogens is 1. The van der Waals surface area contributed by atoms with Crippen molar-refractivity contribution in [1.29, 1.82) is 0 Å². The molecule has 0 saturated carbocycles. The Kier molecular flexibility index (Phi) is 8.00. The fourth-order valence-corrected chi connectivity index (χ4v) is 3.10. The van der Waals surface area contributed by atoms with E-state index in [4.69, 9.17) is 4.74 Å². The van der Waals surface area contributed by atoms with Gasteiger partial charge in [-0.2, -0.15) is 0 Å². The molecule has 144 valence electrons. The molecule has 4 nitrogen and oxygen atoms in total. The summed E-state index contributed by atoms with van der Waals surface area (Å²) in [7, 11) is 4.12. The molecular weight excluding hydrogens is 404 g/mol. The summed E-state index contributed by atoms with van der Waals surface area (Å²) in [6.45, 7) is 5.39. The second-order valence-corrected chi connectivity index (χ2v) is 7.48. The van der Waals surface area contributed by atoms with Crippen LogP contribution in [0.25, 0.3) is 10.8 Å². The third-order valence-corrected chi connectivity index (χ3v) is 4.68. The third kappa shape index (κ3) is 6.44. The Balaban J connectivity index is 0.00000261. The largest absolute Gasteiger partial charge is 1.00 e. The number of fused-ring (bicyclic) bond motifs is 1. The lowest BCUT2D eigenvalue weighted by Crippen LogP contribution is -3.00. The molecule has 1 aliphatic rings. The van der Waals surface area contributed by atoms with E-state index in [0.29, 0.717) is 17.6 Å². The summed E-state index contributed by atoms with van der Waals surface area (Å²) in [5.41, 5.74) is 0.774. The molecule has 5 heteroatoms. The van der Waals surface area contributed by atoms with E-state index in [0.717, 1.165) is 49.2 Å². The zero-order chi connectivity index (χ0) is 18.4. The molecule has 0 spiro atoms. The Labute approximate surface area is 172 Å². The molecule has 0 amide bonds. The van der Waals surface area contributed by atoms with E-state index in [1.54, 1.807) is 0 Å². The molecule has 27 heavy (non-hydrogen) atoms. The van der Waals surface area contributed by atoms with Crippen LogP contribution in [0.2, 0.25) is 0 Å². The summed E-state index contributed by atoms with van der Waals surface area (Å²) >= 11 is 0. The Hall–Kier alpha value is -1.71. The van der Waals surface area contributed by atoms with Gasteiger partial charge < -0.3 is 26.2 Å². The molecule has 1 saturated heterocycles. The minimum Gasteiger partial charge on any atom is -1.00 e. The summed E-state index contributed by atoms with van der Waals surface area (Å²) in [6, 6.07) is 14.1. The third-order valence-electron chi connectivity index (χ3n) is 4.68. The molecule has 0 aliphatic carbocycles. The second-order valence-electron chi connectivity index (χ2n) is 7.48. The number of ether oxygens (including phenoxy) is 1. The molecule has 0 atom stereocenters. The van der Waals surface area contributed by atoms with Crippen molar-refractivity contribution in [2.45, 2.75) is 0 Å². The fourth-order valence-electron chi connectivity index (χ4n) is 3.10. The number of rotatable bonds is 5. The number of Topliss-reactive ketones (excluding diaryl/α,β-unsaturated/α-hetero) is 1. The van der Waals surface area contributed by atoms with E-state index in [1.165, 1.54) is 0 Å². The maximum absolute atomic E-state index is 12.7. The van der Waals surface area contributed by atoms with E-state index >= 15 is 0 Å². The molecular formula is C22H27BrN2O2. The van der Waals surface area contributed by atoms with Crippen molar-refractivity contribution < 1.29 is 31.0 Å². The van der Waals surface area contributed by atoms with E-state index in [9.17, 15) is 4.79 Å². The summed E-state index contributed by atoms with van der Waals surface area (Å²) in [4.78, 5) is 15.0. The SMILES string of the molecule is C[N+](C)(CC#CCN1CCOCC1)CC(=O)c1ccc2ccccc2c1.[Br-]. The molecule has 1 aliphatic heterocycles. The van der Waals surface area contributed by atoms with Crippen molar-refractivity contribution in [3.8, 4) is 11.8 Å². The van der Waals surface area contributed by atoms with Crippen molar-refractivity contribution in [1.82, 2.24) is 4.90 Å². The van der Waals surface area contributed by atoms with Gasteiger partial charge in [0, 0.05) is 18.7 Å². The van der Waals surface area contributed by atoms with Gasteiger partial charge in [0.15, 0.2) is 0 Å². The molecule has 2 aromatic rings. The highest BCUT2D eigenvalue weighted by molar-refractivity contribution is 6.00. The molecule has 0 aromatic heterocycles. The minimum absolute atomic E-state index is 0. The van der Waals surface area contributed by atoms with Crippen molar-refractivity contribution in [2.24, 2.45) is 0 Å². The predicted molar refractivity (Wildman–Crippen MR) is 105 cm³/mol. The van der Waals surface area contributed by atoms with Gasteiger partial charge in [-0.15, -0.1) is 0 Å². The molecule has 1 fully saturated rings. The number of likely N-dealkylation sites (N-methyl/N-ethyl adjacent to an activating group) is 1. The van der Waals surface area contributed by atoms with Gasteiger partial charge >= 0.3 is 0 Å². The van der Waals surface area contributed by atoms with Gasteiger partial charge in [-0.05, 0) is 22.8 Å². The van der Waals surface area contributed by atoms with E-state index in [2.05, 4.69) is 36.9 Å². The van der Waals surface area contributed by atoms with Crippen LogP contribution in [0.1, 0.15) is 10.4 Å². The lowest BCUT2D eigenvalue weighted by molar-refractivity contribution is -0.874. The number of ketones is 1. The number of halogens is 1. The van der Waals surface area contributed by atoms with Crippen molar-refractivity contribution >= 4 is 16.6 Å². The molecule has 0 N–H and O–H groups in total. The van der Waals surface area contributed by atoms with E-state index < -0.39 is 0 Å². The Morgan fingerprint density at radius 3 is 2.52 bits per heavy atom. The van der Waals surface area contributed by atoms with Crippen LogP contribution in [-0.4, -0.2) is 75.2 Å². The van der Waals surface area contributed by atoms with Crippen LogP contribution < -0.4 is 17.0 Å². The monoisotopic (exact) mass is 430 g/mol. The maximum Gasteiger partial charge on any atom is 0.216 e. The van der Waals surface area contributed by atoms with Crippen molar-refractivity contribution in [2.75, 3.05) is 60.0 Å². The topological polar surface area (TPSA) is 29.5 Å². The highest BCUT2D eigenvalue weighted by atomic mass is 79.9. The summed E-state index contributed by atoms with van der Waals surface area (Å²) in [5.74, 6) is 6.65. The minimum atomic E-state index is 0. The highest BCUT2D eigenvalue weighted by Gasteiger charge is 2.20. The first-order chi connectivity index (χ1) is 12.5. The number of nitrogens with zero attached hydrogens (tertiary/aromatic N) is 2. The molecule has 0 radical (unpaired) electrons. The van der Waals surface area contributed by atoms with Gasteiger partial charge in [-0.25, -0.2) is 0 Å². The zero-order valence-corrected chi connectivity index (χ0v) is 17.7. The Morgan fingerprint density at radius 2 is 1.78 bits per heavy atom.